The first-order chi connectivity index (χ1) is 31.3. The molecule has 0 bridgehead atoms. The maximum atomic E-state index is 2.48. The number of fused-ring (bicyclic) bond motifs is 10. The Labute approximate surface area is 369 Å². The quantitative estimate of drug-likeness (QED) is 0.151. The number of anilines is 6. The minimum atomic E-state index is -0.558. The molecule has 0 heterocycles. The van der Waals surface area contributed by atoms with Crippen LogP contribution in [0, 0.1) is 0 Å². The average molecular weight is 803 g/mol. The third-order valence-corrected chi connectivity index (χ3v) is 13.0. The largest absolute Gasteiger partial charge is 0.310 e. The molecule has 1 spiro atoms. The van der Waals surface area contributed by atoms with Crippen LogP contribution in [-0.4, -0.2) is 0 Å². The van der Waals surface area contributed by atoms with Crippen molar-refractivity contribution in [1.29, 1.82) is 0 Å². The minimum Gasteiger partial charge on any atom is -0.310 e. The first-order valence-electron chi connectivity index (χ1n) is 21.8. The molecule has 2 aliphatic rings. The molecule has 0 aliphatic heterocycles. The molecule has 63 heavy (non-hydrogen) atoms. The van der Waals surface area contributed by atoms with Crippen molar-refractivity contribution in [2.45, 2.75) is 5.41 Å². The van der Waals surface area contributed by atoms with E-state index in [9.17, 15) is 0 Å². The van der Waals surface area contributed by atoms with Gasteiger partial charge in [-0.25, -0.2) is 0 Å². The van der Waals surface area contributed by atoms with Crippen LogP contribution in [0.2, 0.25) is 0 Å². The Morgan fingerprint density at radius 3 is 1.35 bits per heavy atom. The average Bonchev–Trinajstić information content (AvgIpc) is 3.83. The summed E-state index contributed by atoms with van der Waals surface area (Å²) in [6.07, 6.45) is 0. The SMILES string of the molecule is c1ccc(-c2ccc(N(c3ccccc3)c3ccc4c(c3)C3(c5ccccc5-4)c4ccccc4-c4c(N(c5ccccc5)c5cccc(-c6ccccc6)c5)cccc43)cc2)cc1. The lowest BCUT2D eigenvalue weighted by molar-refractivity contribution is 0.793. The van der Waals surface area contributed by atoms with Crippen molar-refractivity contribution in [3.8, 4) is 44.5 Å². The summed E-state index contributed by atoms with van der Waals surface area (Å²) in [5.74, 6) is 0. The molecular weight excluding hydrogens is 761 g/mol. The van der Waals surface area contributed by atoms with E-state index in [2.05, 4.69) is 265 Å². The normalized spacial score (nSPS) is 14.1. The summed E-state index contributed by atoms with van der Waals surface area (Å²) >= 11 is 0. The lowest BCUT2D eigenvalue weighted by Gasteiger charge is -2.33. The number of benzene rings is 10. The van der Waals surface area contributed by atoms with Crippen molar-refractivity contribution in [3.63, 3.8) is 0 Å². The van der Waals surface area contributed by atoms with Gasteiger partial charge in [0.2, 0.25) is 0 Å². The summed E-state index contributed by atoms with van der Waals surface area (Å²) in [6, 6.07) is 93.2. The Morgan fingerprint density at radius 2 is 0.667 bits per heavy atom. The second kappa shape index (κ2) is 15.1. The van der Waals surface area contributed by atoms with Gasteiger partial charge in [0, 0.05) is 34.0 Å². The van der Waals surface area contributed by atoms with E-state index in [1.807, 2.05) is 0 Å². The smallest absolute Gasteiger partial charge is 0.0727 e. The lowest BCUT2D eigenvalue weighted by atomic mass is 9.70. The zero-order valence-electron chi connectivity index (χ0n) is 34.6. The molecule has 12 rings (SSSR count). The van der Waals surface area contributed by atoms with Crippen molar-refractivity contribution in [1.82, 2.24) is 0 Å². The summed E-state index contributed by atoms with van der Waals surface area (Å²) in [7, 11) is 0. The maximum Gasteiger partial charge on any atom is 0.0727 e. The number of hydrogen-bond acceptors (Lipinski definition) is 2. The maximum absolute atomic E-state index is 2.48. The van der Waals surface area contributed by atoms with Gasteiger partial charge in [0.1, 0.15) is 0 Å². The molecular formula is C61H42N2. The molecule has 10 aromatic rings. The fourth-order valence-electron chi connectivity index (χ4n) is 10.4. The Kier molecular flexibility index (Phi) is 8.76. The molecule has 0 fully saturated rings. The third-order valence-electron chi connectivity index (χ3n) is 13.0. The van der Waals surface area contributed by atoms with Gasteiger partial charge in [0.25, 0.3) is 0 Å². The molecule has 1 unspecified atom stereocenters. The molecule has 10 aromatic carbocycles. The first-order valence-corrected chi connectivity index (χ1v) is 21.8. The van der Waals surface area contributed by atoms with Crippen LogP contribution in [0.4, 0.5) is 34.1 Å². The molecule has 0 amide bonds. The molecule has 296 valence electrons. The van der Waals surface area contributed by atoms with E-state index in [0.29, 0.717) is 0 Å². The van der Waals surface area contributed by atoms with Crippen LogP contribution in [0.15, 0.2) is 255 Å². The Hall–Kier alpha value is -8.20. The van der Waals surface area contributed by atoms with Gasteiger partial charge in [-0.05, 0) is 128 Å². The minimum absolute atomic E-state index is 0.558. The van der Waals surface area contributed by atoms with E-state index >= 15 is 0 Å². The highest BCUT2D eigenvalue weighted by Gasteiger charge is 2.52. The zero-order valence-corrected chi connectivity index (χ0v) is 34.6. The van der Waals surface area contributed by atoms with Crippen LogP contribution in [-0.2, 0) is 5.41 Å². The van der Waals surface area contributed by atoms with Crippen molar-refractivity contribution in [2.75, 3.05) is 9.80 Å². The van der Waals surface area contributed by atoms with Crippen molar-refractivity contribution in [3.05, 3.63) is 277 Å². The van der Waals surface area contributed by atoms with E-state index in [-0.39, 0.29) is 0 Å². The molecule has 2 nitrogen and oxygen atoms in total. The van der Waals surface area contributed by atoms with E-state index in [4.69, 9.17) is 0 Å². The first kappa shape index (κ1) is 36.6. The molecule has 0 saturated carbocycles. The van der Waals surface area contributed by atoms with Crippen LogP contribution < -0.4 is 9.80 Å². The molecule has 0 saturated heterocycles. The number of nitrogens with zero attached hydrogens (tertiary/aromatic N) is 2. The standard InChI is InChI=1S/C61H42N2/c1-5-19-43(20-6-1)45-35-37-49(38-36-45)62(47-24-9-3-10-25-47)51-39-40-53-52-29-13-15-31-55(52)61(58(53)42-51)56-32-16-14-30-54(56)60-57(61)33-18-34-59(60)63(48-26-11-4-12-27-48)50-28-17-23-46(41-50)44-21-7-2-8-22-44/h1-42H. The van der Waals surface area contributed by atoms with Crippen LogP contribution in [0.5, 0.6) is 0 Å². The monoisotopic (exact) mass is 802 g/mol. The molecule has 0 N–H and O–H groups in total. The fraction of sp³-hybridized carbons (Fsp3) is 0.0164. The number of para-hydroxylation sites is 2. The van der Waals surface area contributed by atoms with E-state index in [0.717, 1.165) is 34.1 Å². The molecule has 2 aliphatic carbocycles. The van der Waals surface area contributed by atoms with E-state index < -0.39 is 5.41 Å². The van der Waals surface area contributed by atoms with Crippen LogP contribution in [0.3, 0.4) is 0 Å². The summed E-state index contributed by atoms with van der Waals surface area (Å²) in [5, 5.41) is 0. The predicted octanol–water partition coefficient (Wildman–Crippen LogP) is 16.3. The predicted molar refractivity (Wildman–Crippen MR) is 263 cm³/mol. The summed E-state index contributed by atoms with van der Waals surface area (Å²) < 4.78 is 0. The van der Waals surface area contributed by atoms with E-state index in [1.165, 1.54) is 66.8 Å². The Bertz CT molecular complexity index is 3270. The van der Waals surface area contributed by atoms with Gasteiger partial charge >= 0.3 is 0 Å². The van der Waals surface area contributed by atoms with Gasteiger partial charge in [-0.1, -0.05) is 188 Å². The zero-order chi connectivity index (χ0) is 41.7. The second-order valence-electron chi connectivity index (χ2n) is 16.4. The van der Waals surface area contributed by atoms with E-state index in [1.54, 1.807) is 0 Å². The molecule has 2 heteroatoms. The topological polar surface area (TPSA) is 6.48 Å². The molecule has 1 atom stereocenters. The van der Waals surface area contributed by atoms with Gasteiger partial charge < -0.3 is 9.80 Å². The van der Waals surface area contributed by atoms with Crippen LogP contribution >= 0.6 is 0 Å². The third kappa shape index (κ3) is 5.87. The number of rotatable bonds is 8. The van der Waals surface area contributed by atoms with Gasteiger partial charge in [0.05, 0.1) is 11.1 Å². The van der Waals surface area contributed by atoms with Gasteiger partial charge in [-0.2, -0.15) is 0 Å². The van der Waals surface area contributed by atoms with Crippen molar-refractivity contribution >= 4 is 34.1 Å². The highest BCUT2D eigenvalue weighted by atomic mass is 15.1. The lowest BCUT2D eigenvalue weighted by Crippen LogP contribution is -2.26. The Morgan fingerprint density at radius 1 is 0.238 bits per heavy atom. The van der Waals surface area contributed by atoms with Crippen molar-refractivity contribution in [2.24, 2.45) is 0 Å². The van der Waals surface area contributed by atoms with Crippen LogP contribution in [0.25, 0.3) is 44.5 Å². The summed E-state index contributed by atoms with van der Waals surface area (Å²) in [6.45, 7) is 0. The highest BCUT2D eigenvalue weighted by Crippen LogP contribution is 2.65. The molecule has 0 aromatic heterocycles. The summed E-state index contributed by atoms with van der Waals surface area (Å²) in [4.78, 5) is 4.86. The van der Waals surface area contributed by atoms with Gasteiger partial charge in [-0.15, -0.1) is 0 Å². The fourth-order valence-corrected chi connectivity index (χ4v) is 10.4. The second-order valence-corrected chi connectivity index (χ2v) is 16.4. The molecule has 0 radical (unpaired) electrons. The van der Waals surface area contributed by atoms with Crippen molar-refractivity contribution < 1.29 is 0 Å². The van der Waals surface area contributed by atoms with Gasteiger partial charge in [0.15, 0.2) is 0 Å². The van der Waals surface area contributed by atoms with Gasteiger partial charge in [-0.3, -0.25) is 0 Å². The Balaban J connectivity index is 1.09. The number of hydrogen-bond donors (Lipinski definition) is 0. The van der Waals surface area contributed by atoms with Crippen LogP contribution in [0.1, 0.15) is 22.3 Å². The highest BCUT2D eigenvalue weighted by molar-refractivity contribution is 6.02. The summed E-state index contributed by atoms with van der Waals surface area (Å²) in [5.41, 5.74) is 21.2.